The molecule has 0 aliphatic heterocycles. The summed E-state index contributed by atoms with van der Waals surface area (Å²) in [6.45, 7) is 1.25. The van der Waals surface area contributed by atoms with Crippen molar-refractivity contribution in [1.82, 2.24) is 29.5 Å². The van der Waals surface area contributed by atoms with Crippen LogP contribution < -0.4 is 0 Å². The quantitative estimate of drug-likeness (QED) is 0.272. The summed E-state index contributed by atoms with van der Waals surface area (Å²) < 4.78 is 3.63. The van der Waals surface area contributed by atoms with Crippen molar-refractivity contribution in [2.75, 3.05) is 0 Å². The van der Waals surface area contributed by atoms with Gasteiger partial charge < -0.3 is 0 Å². The molecule has 6 nitrogen and oxygen atoms in total. The summed E-state index contributed by atoms with van der Waals surface area (Å²) in [5.74, 6) is 0. The number of hydrogen-bond acceptors (Lipinski definition) is 4. The van der Waals surface area contributed by atoms with Crippen LogP contribution in [0.4, 0.5) is 0 Å². The van der Waals surface area contributed by atoms with Crippen LogP contribution in [0.25, 0.3) is 0 Å². The van der Waals surface area contributed by atoms with Gasteiger partial charge in [0.15, 0.2) is 0 Å². The molecule has 0 N–H and O–H groups in total. The first-order valence-electron chi connectivity index (χ1n) is 9.20. The van der Waals surface area contributed by atoms with Gasteiger partial charge in [-0.05, 0) is 0 Å². The third kappa shape index (κ3) is 5.80. The molecular formula is C20H16Cl4N6Se. The first-order chi connectivity index (χ1) is 15.0. The molecule has 4 aromatic rings. The monoisotopic (exact) mass is 560 g/mol. The van der Waals surface area contributed by atoms with E-state index in [0.717, 1.165) is 11.1 Å². The van der Waals surface area contributed by atoms with E-state index in [-0.39, 0.29) is 24.6 Å². The molecule has 0 spiro atoms. The van der Waals surface area contributed by atoms with Crippen LogP contribution in [0.15, 0.2) is 61.7 Å². The van der Waals surface area contributed by atoms with Crippen LogP contribution in [-0.2, 0) is 13.1 Å². The molecule has 0 amide bonds. The Morgan fingerprint density at radius 3 is 1.52 bits per heavy atom. The van der Waals surface area contributed by atoms with E-state index < -0.39 is 0 Å². The summed E-state index contributed by atoms with van der Waals surface area (Å²) in [6.07, 6.45) is 6.45. The number of aromatic nitrogens is 6. The van der Waals surface area contributed by atoms with Gasteiger partial charge in [0.2, 0.25) is 0 Å². The maximum atomic E-state index is 6.60. The molecule has 160 valence electrons. The molecule has 4 rings (SSSR count). The molecule has 31 heavy (non-hydrogen) atoms. The zero-order valence-electron chi connectivity index (χ0n) is 15.9. The zero-order chi connectivity index (χ0) is 21.8. The Balaban J connectivity index is 1.71. The Bertz CT molecular complexity index is 1050. The van der Waals surface area contributed by atoms with Gasteiger partial charge in [-0.25, -0.2) is 0 Å². The van der Waals surface area contributed by atoms with Crippen molar-refractivity contribution in [1.29, 1.82) is 0 Å². The third-order valence-electron chi connectivity index (χ3n) is 4.59. The molecular weight excluding hydrogens is 545 g/mol. The molecule has 0 saturated heterocycles. The van der Waals surface area contributed by atoms with Gasteiger partial charge in [0, 0.05) is 0 Å². The van der Waals surface area contributed by atoms with Crippen molar-refractivity contribution in [3.8, 4) is 0 Å². The summed E-state index contributed by atoms with van der Waals surface area (Å²) in [4.78, 5) is 8.31. The Morgan fingerprint density at radius 1 is 0.710 bits per heavy atom. The molecule has 0 fully saturated rings. The van der Waals surface area contributed by atoms with Crippen LogP contribution in [0.1, 0.15) is 20.8 Å². The number of rotatable bonds is 8. The van der Waals surface area contributed by atoms with Crippen LogP contribution in [0.3, 0.4) is 0 Å². The fourth-order valence-corrected chi connectivity index (χ4v) is 7.83. The van der Waals surface area contributed by atoms with Gasteiger partial charge in [-0.15, -0.1) is 0 Å². The maximum absolute atomic E-state index is 6.60. The second kappa shape index (κ2) is 10.3. The first-order valence-corrected chi connectivity index (χ1v) is 12.7. The number of hydrogen-bond donors (Lipinski definition) is 0. The van der Waals surface area contributed by atoms with Gasteiger partial charge in [0.1, 0.15) is 0 Å². The molecule has 2 aromatic heterocycles. The van der Waals surface area contributed by atoms with Gasteiger partial charge in [0.05, 0.1) is 0 Å². The van der Waals surface area contributed by atoms with Crippen molar-refractivity contribution in [2.24, 2.45) is 0 Å². The van der Waals surface area contributed by atoms with Gasteiger partial charge >= 0.3 is 207 Å². The summed E-state index contributed by atoms with van der Waals surface area (Å²) >= 11 is 25.5. The molecule has 0 bridgehead atoms. The molecule has 2 unspecified atom stereocenters. The molecule has 2 heterocycles. The number of halogens is 4. The Kier molecular flexibility index (Phi) is 7.54. The van der Waals surface area contributed by atoms with Gasteiger partial charge in [-0.1, -0.05) is 0 Å². The average Bonchev–Trinajstić information content (AvgIpc) is 3.41. The summed E-state index contributed by atoms with van der Waals surface area (Å²) in [7, 11) is 0. The number of nitrogens with zero attached hydrogens (tertiary/aromatic N) is 6. The topological polar surface area (TPSA) is 61.4 Å². The molecule has 0 aliphatic rings. The summed E-state index contributed by atoms with van der Waals surface area (Å²) in [5, 5.41) is 11.0. The zero-order valence-corrected chi connectivity index (χ0v) is 20.7. The van der Waals surface area contributed by atoms with E-state index in [0.29, 0.717) is 33.2 Å². The summed E-state index contributed by atoms with van der Waals surface area (Å²) in [5.41, 5.74) is 2.02. The van der Waals surface area contributed by atoms with Crippen LogP contribution >= 0.6 is 46.4 Å². The minimum atomic E-state index is -0.00710. The van der Waals surface area contributed by atoms with Crippen LogP contribution in [0, 0.1) is 0 Å². The van der Waals surface area contributed by atoms with Crippen molar-refractivity contribution < 1.29 is 0 Å². The van der Waals surface area contributed by atoms with E-state index in [4.69, 9.17) is 46.4 Å². The van der Waals surface area contributed by atoms with Gasteiger partial charge in [-0.3, -0.25) is 0 Å². The second-order valence-electron chi connectivity index (χ2n) is 6.68. The molecule has 11 heteroatoms. The predicted molar refractivity (Wildman–Crippen MR) is 124 cm³/mol. The SMILES string of the molecule is Clc1ccc(C(Cn2cncn2)[Se]C(Cn2cncn2)c2ccc(Cl)cc2Cl)c(Cl)c1. The molecule has 0 aliphatic carbocycles. The predicted octanol–water partition coefficient (Wildman–Crippen LogP) is 5.37. The molecule has 0 radical (unpaired) electrons. The summed E-state index contributed by atoms with van der Waals surface area (Å²) in [6, 6.07) is 11.2. The Labute approximate surface area is 205 Å². The van der Waals surface area contributed by atoms with E-state index in [9.17, 15) is 0 Å². The second-order valence-corrected chi connectivity index (χ2v) is 11.3. The van der Waals surface area contributed by atoms with E-state index in [2.05, 4.69) is 20.2 Å². The number of benzene rings is 2. The Morgan fingerprint density at radius 2 is 1.16 bits per heavy atom. The van der Waals surface area contributed by atoms with Crippen molar-refractivity contribution >= 4 is 61.4 Å². The van der Waals surface area contributed by atoms with Crippen LogP contribution in [0.2, 0.25) is 20.1 Å². The molecule has 2 atom stereocenters. The fourth-order valence-electron chi connectivity index (χ4n) is 3.15. The van der Waals surface area contributed by atoms with Crippen LogP contribution in [-0.4, -0.2) is 44.5 Å². The van der Waals surface area contributed by atoms with Crippen LogP contribution in [0.5, 0.6) is 0 Å². The average molecular weight is 561 g/mol. The Hall–Kier alpha value is -1.60. The minimum absolute atomic E-state index is 0.00710. The fraction of sp³-hybridized carbons (Fsp3) is 0.200. The van der Waals surface area contributed by atoms with Crippen molar-refractivity contribution in [3.63, 3.8) is 0 Å². The standard InChI is InChI=1S/C20H16Cl4N6Se/c21-13-1-3-15(17(23)5-13)19(7-29-11-25-9-27-29)31-20(8-30-12-26-10-28-30)16-4-2-14(22)6-18(16)24/h1-6,9-12,19-20H,7-8H2. The van der Waals surface area contributed by atoms with Crippen molar-refractivity contribution in [2.45, 2.75) is 22.7 Å². The third-order valence-corrected chi connectivity index (χ3v) is 8.78. The molecule has 2 aromatic carbocycles. The van der Waals surface area contributed by atoms with Gasteiger partial charge in [0.25, 0.3) is 0 Å². The van der Waals surface area contributed by atoms with E-state index in [1.807, 2.05) is 33.6 Å². The van der Waals surface area contributed by atoms with Gasteiger partial charge in [-0.2, -0.15) is 0 Å². The first kappa shape index (κ1) is 22.6. The molecule has 0 saturated carbocycles. The van der Waals surface area contributed by atoms with E-state index in [1.54, 1.807) is 24.8 Å². The van der Waals surface area contributed by atoms with Crippen molar-refractivity contribution in [3.05, 3.63) is 92.9 Å². The van der Waals surface area contributed by atoms with E-state index >= 15 is 0 Å². The normalized spacial score (nSPS) is 13.3. The van der Waals surface area contributed by atoms with E-state index in [1.165, 1.54) is 12.7 Å².